The Kier molecular flexibility index (Phi) is 5.70. The number of carbonyl (C=O) groups is 3. The highest BCUT2D eigenvalue weighted by Gasteiger charge is 2.24. The number of aromatic carboxylic acids is 1. The number of aryl methyl sites for hydroxylation is 1. The van der Waals surface area contributed by atoms with Crippen LogP contribution in [0, 0.1) is 6.92 Å². The van der Waals surface area contributed by atoms with E-state index in [1.165, 1.54) is 11.3 Å². The zero-order chi connectivity index (χ0) is 17.7. The van der Waals surface area contributed by atoms with Gasteiger partial charge in [-0.1, -0.05) is 30.3 Å². The summed E-state index contributed by atoms with van der Waals surface area (Å²) in [7, 11) is 0. The van der Waals surface area contributed by atoms with E-state index in [2.05, 4.69) is 5.32 Å². The smallest absolute Gasteiger partial charge is 0.339 e. The molecule has 7 heteroatoms. The molecule has 0 unspecified atom stereocenters. The lowest BCUT2D eigenvalue weighted by atomic mass is 10.0. The number of thiophene rings is 1. The number of benzene rings is 1. The highest BCUT2D eigenvalue weighted by molar-refractivity contribution is 7.17. The number of hydrogen-bond acceptors (Lipinski definition) is 5. The van der Waals surface area contributed by atoms with E-state index in [-0.39, 0.29) is 17.2 Å². The molecule has 2 rings (SSSR count). The van der Waals surface area contributed by atoms with E-state index in [0.717, 1.165) is 10.4 Å². The van der Waals surface area contributed by atoms with Crippen molar-refractivity contribution in [2.24, 2.45) is 0 Å². The molecule has 126 valence electrons. The predicted octanol–water partition coefficient (Wildman–Crippen LogP) is 3.31. The number of hydrogen-bond donors (Lipinski definition) is 2. The van der Waals surface area contributed by atoms with E-state index < -0.39 is 24.3 Å². The monoisotopic (exact) mass is 347 g/mol. The van der Waals surface area contributed by atoms with Gasteiger partial charge in [0.05, 0.1) is 6.61 Å². The van der Waals surface area contributed by atoms with Crippen molar-refractivity contribution < 1.29 is 24.2 Å². The van der Waals surface area contributed by atoms with Gasteiger partial charge in [-0.2, -0.15) is 0 Å². The second-order valence-electron chi connectivity index (χ2n) is 4.94. The molecule has 24 heavy (non-hydrogen) atoms. The summed E-state index contributed by atoms with van der Waals surface area (Å²) >= 11 is 1.17. The molecular weight excluding hydrogens is 330 g/mol. The van der Waals surface area contributed by atoms with E-state index >= 15 is 0 Å². The fraction of sp³-hybridized carbons (Fsp3) is 0.235. The van der Waals surface area contributed by atoms with Gasteiger partial charge in [-0.05, 0) is 19.4 Å². The number of carbonyl (C=O) groups excluding carboxylic acids is 2. The Morgan fingerprint density at radius 3 is 2.46 bits per heavy atom. The average Bonchev–Trinajstić information content (AvgIpc) is 2.84. The summed E-state index contributed by atoms with van der Waals surface area (Å²) in [5.74, 6) is -2.38. The van der Waals surface area contributed by atoms with E-state index in [0.29, 0.717) is 5.56 Å². The third-order valence-electron chi connectivity index (χ3n) is 3.22. The van der Waals surface area contributed by atoms with E-state index in [4.69, 9.17) is 4.74 Å². The fourth-order valence-electron chi connectivity index (χ4n) is 2.30. The SMILES string of the molecule is CCOC(=O)CC(=O)Nc1sc(C)c(-c2ccccc2)c1C(=O)O. The van der Waals surface area contributed by atoms with Crippen LogP contribution >= 0.6 is 11.3 Å². The van der Waals surface area contributed by atoms with Crippen LogP contribution in [-0.2, 0) is 14.3 Å². The average molecular weight is 347 g/mol. The predicted molar refractivity (Wildman–Crippen MR) is 91.3 cm³/mol. The minimum atomic E-state index is -1.13. The standard InChI is InChI=1S/C17H17NO5S/c1-3-23-13(20)9-12(19)18-16-15(17(21)22)14(10(2)24-16)11-7-5-4-6-8-11/h4-8H,3,9H2,1-2H3,(H,18,19)(H,21,22). The summed E-state index contributed by atoms with van der Waals surface area (Å²) < 4.78 is 4.71. The van der Waals surface area contributed by atoms with Crippen molar-refractivity contribution in [1.82, 2.24) is 0 Å². The summed E-state index contributed by atoms with van der Waals surface area (Å²) in [6.45, 7) is 3.62. The van der Waals surface area contributed by atoms with Gasteiger partial charge in [0.15, 0.2) is 0 Å². The first-order valence-electron chi connectivity index (χ1n) is 7.31. The molecule has 2 aromatic rings. The van der Waals surface area contributed by atoms with Crippen LogP contribution in [-0.4, -0.2) is 29.6 Å². The molecule has 0 saturated carbocycles. The fourth-order valence-corrected chi connectivity index (χ4v) is 3.39. The van der Waals surface area contributed by atoms with Gasteiger partial charge >= 0.3 is 11.9 Å². The van der Waals surface area contributed by atoms with Crippen LogP contribution in [0.15, 0.2) is 30.3 Å². The molecule has 0 fully saturated rings. The Morgan fingerprint density at radius 1 is 1.21 bits per heavy atom. The molecular formula is C17H17NO5S. The summed E-state index contributed by atoms with van der Waals surface area (Å²) in [5, 5.41) is 12.3. The normalized spacial score (nSPS) is 10.2. The van der Waals surface area contributed by atoms with Gasteiger partial charge in [-0.25, -0.2) is 4.79 Å². The summed E-state index contributed by atoms with van der Waals surface area (Å²) in [4.78, 5) is 35.8. The van der Waals surface area contributed by atoms with Crippen LogP contribution in [0.3, 0.4) is 0 Å². The van der Waals surface area contributed by atoms with Crippen molar-refractivity contribution >= 4 is 34.2 Å². The zero-order valence-corrected chi connectivity index (χ0v) is 14.1. The van der Waals surface area contributed by atoms with E-state index in [1.807, 2.05) is 30.3 Å². The van der Waals surface area contributed by atoms with Crippen LogP contribution in [0.5, 0.6) is 0 Å². The lowest BCUT2D eigenvalue weighted by Gasteiger charge is -2.06. The molecule has 0 saturated heterocycles. The Balaban J connectivity index is 2.33. The molecule has 0 atom stereocenters. The number of esters is 1. The van der Waals surface area contributed by atoms with Gasteiger partial charge in [0.2, 0.25) is 5.91 Å². The van der Waals surface area contributed by atoms with E-state index in [9.17, 15) is 19.5 Å². The molecule has 0 aliphatic rings. The largest absolute Gasteiger partial charge is 0.478 e. The highest BCUT2D eigenvalue weighted by Crippen LogP contribution is 2.39. The van der Waals surface area contributed by atoms with Crippen molar-refractivity contribution in [2.45, 2.75) is 20.3 Å². The van der Waals surface area contributed by atoms with Crippen LogP contribution in [0.1, 0.15) is 28.6 Å². The van der Waals surface area contributed by atoms with Gasteiger partial charge in [0, 0.05) is 10.4 Å². The zero-order valence-electron chi connectivity index (χ0n) is 13.3. The van der Waals surface area contributed by atoms with Crippen molar-refractivity contribution in [3.05, 3.63) is 40.8 Å². The molecule has 0 bridgehead atoms. The van der Waals surface area contributed by atoms with Crippen molar-refractivity contribution in [2.75, 3.05) is 11.9 Å². The topological polar surface area (TPSA) is 92.7 Å². The summed E-state index contributed by atoms with van der Waals surface area (Å²) in [6, 6.07) is 9.10. The second kappa shape index (κ2) is 7.74. The molecule has 2 N–H and O–H groups in total. The number of nitrogens with one attached hydrogen (secondary N) is 1. The number of carboxylic acid groups (broad SMARTS) is 1. The Hall–Kier alpha value is -2.67. The molecule has 6 nitrogen and oxygen atoms in total. The Bertz CT molecular complexity index is 767. The summed E-state index contributed by atoms with van der Waals surface area (Å²) in [6.07, 6.45) is -0.454. The van der Waals surface area contributed by atoms with Gasteiger partial charge in [-0.15, -0.1) is 11.3 Å². The molecule has 0 aliphatic heterocycles. The molecule has 1 aromatic carbocycles. The maximum absolute atomic E-state index is 11.9. The molecule has 1 aromatic heterocycles. The lowest BCUT2D eigenvalue weighted by molar-refractivity contribution is -0.145. The number of anilines is 1. The van der Waals surface area contributed by atoms with Gasteiger partial charge in [0.1, 0.15) is 17.0 Å². The first-order valence-corrected chi connectivity index (χ1v) is 8.13. The first-order chi connectivity index (χ1) is 11.4. The second-order valence-corrected chi connectivity index (χ2v) is 6.16. The Morgan fingerprint density at radius 2 is 1.88 bits per heavy atom. The van der Waals surface area contributed by atoms with Crippen LogP contribution in [0.25, 0.3) is 11.1 Å². The summed E-state index contributed by atoms with van der Waals surface area (Å²) in [5.41, 5.74) is 1.36. The van der Waals surface area contributed by atoms with Gasteiger partial charge in [0.25, 0.3) is 0 Å². The van der Waals surface area contributed by atoms with Crippen LogP contribution in [0.4, 0.5) is 5.00 Å². The Labute approximate surface area is 143 Å². The minimum absolute atomic E-state index is 0.0286. The van der Waals surface area contributed by atoms with Crippen molar-refractivity contribution in [3.63, 3.8) is 0 Å². The first kappa shape index (κ1) is 17.7. The number of amides is 1. The number of rotatable bonds is 6. The van der Waals surface area contributed by atoms with Crippen LogP contribution in [0.2, 0.25) is 0 Å². The molecule has 0 aliphatic carbocycles. The highest BCUT2D eigenvalue weighted by atomic mass is 32.1. The molecule has 1 heterocycles. The maximum Gasteiger partial charge on any atom is 0.339 e. The molecule has 0 radical (unpaired) electrons. The van der Waals surface area contributed by atoms with Crippen molar-refractivity contribution in [1.29, 1.82) is 0 Å². The number of ether oxygens (including phenoxy) is 1. The van der Waals surface area contributed by atoms with Gasteiger partial charge in [-0.3, -0.25) is 9.59 Å². The number of carboxylic acids is 1. The molecule has 1 amide bonds. The molecule has 0 spiro atoms. The third-order valence-corrected chi connectivity index (χ3v) is 4.24. The quantitative estimate of drug-likeness (QED) is 0.618. The van der Waals surface area contributed by atoms with E-state index in [1.54, 1.807) is 13.8 Å². The van der Waals surface area contributed by atoms with Crippen LogP contribution < -0.4 is 5.32 Å². The maximum atomic E-state index is 11.9. The lowest BCUT2D eigenvalue weighted by Crippen LogP contribution is -2.18. The van der Waals surface area contributed by atoms with Crippen molar-refractivity contribution in [3.8, 4) is 11.1 Å². The minimum Gasteiger partial charge on any atom is -0.478 e. The van der Waals surface area contributed by atoms with Gasteiger partial charge < -0.3 is 15.2 Å². The third kappa shape index (κ3) is 3.99.